The fourth-order valence-corrected chi connectivity index (χ4v) is 2.12. The van der Waals surface area contributed by atoms with Gasteiger partial charge in [-0.3, -0.25) is 14.2 Å². The van der Waals surface area contributed by atoms with Gasteiger partial charge in [-0.2, -0.15) is 10.2 Å². The fraction of sp³-hybridized carbons (Fsp3) is 0.429. The van der Waals surface area contributed by atoms with Crippen molar-refractivity contribution in [2.75, 3.05) is 6.54 Å². The van der Waals surface area contributed by atoms with E-state index in [1.54, 1.807) is 0 Å². The van der Waals surface area contributed by atoms with Crippen LogP contribution < -0.4 is 5.32 Å². The summed E-state index contributed by atoms with van der Waals surface area (Å²) in [6, 6.07) is 2.01. The SMILES string of the molecule is Cc1cc(C)n(CCCNC(=O)Cn2cc(C(=O)O)cn2)n1. The Kier molecular flexibility index (Phi) is 4.92. The number of aromatic nitrogens is 4. The van der Waals surface area contributed by atoms with Crippen LogP contribution in [0.3, 0.4) is 0 Å². The summed E-state index contributed by atoms with van der Waals surface area (Å²) >= 11 is 0. The average Bonchev–Trinajstić information content (AvgIpc) is 3.02. The molecule has 0 unspecified atom stereocenters. The van der Waals surface area contributed by atoms with Gasteiger partial charge in [-0.15, -0.1) is 0 Å². The molecule has 1 amide bonds. The number of carbonyl (C=O) groups is 2. The second-order valence-electron chi connectivity index (χ2n) is 5.09. The van der Waals surface area contributed by atoms with Crippen molar-refractivity contribution < 1.29 is 14.7 Å². The number of aromatic carboxylic acids is 1. The lowest BCUT2D eigenvalue weighted by Crippen LogP contribution is -2.29. The van der Waals surface area contributed by atoms with Crippen LogP contribution in [0.15, 0.2) is 18.5 Å². The first-order valence-corrected chi connectivity index (χ1v) is 6.99. The molecule has 0 aromatic carbocycles. The van der Waals surface area contributed by atoms with E-state index in [0.717, 1.165) is 24.4 Å². The van der Waals surface area contributed by atoms with E-state index < -0.39 is 5.97 Å². The third kappa shape index (κ3) is 4.18. The van der Waals surface area contributed by atoms with Gasteiger partial charge in [0.15, 0.2) is 0 Å². The van der Waals surface area contributed by atoms with E-state index in [-0.39, 0.29) is 18.0 Å². The number of nitrogens with one attached hydrogen (secondary N) is 1. The molecule has 0 aliphatic carbocycles. The van der Waals surface area contributed by atoms with Crippen LogP contribution in [0.25, 0.3) is 0 Å². The molecule has 2 aromatic heterocycles. The molecule has 0 radical (unpaired) electrons. The second kappa shape index (κ2) is 6.88. The van der Waals surface area contributed by atoms with Crippen LogP contribution in [0.5, 0.6) is 0 Å². The van der Waals surface area contributed by atoms with Crippen molar-refractivity contribution in [3.05, 3.63) is 35.4 Å². The molecule has 118 valence electrons. The van der Waals surface area contributed by atoms with E-state index in [9.17, 15) is 9.59 Å². The van der Waals surface area contributed by atoms with Gasteiger partial charge in [0.25, 0.3) is 0 Å². The van der Waals surface area contributed by atoms with Crippen molar-refractivity contribution in [2.24, 2.45) is 0 Å². The maximum absolute atomic E-state index is 11.7. The van der Waals surface area contributed by atoms with E-state index in [1.807, 2.05) is 24.6 Å². The summed E-state index contributed by atoms with van der Waals surface area (Å²) in [6.07, 6.45) is 3.32. The summed E-state index contributed by atoms with van der Waals surface area (Å²) < 4.78 is 3.22. The van der Waals surface area contributed by atoms with Gasteiger partial charge in [-0.25, -0.2) is 4.79 Å². The number of aryl methyl sites for hydroxylation is 3. The smallest absolute Gasteiger partial charge is 0.338 e. The zero-order valence-corrected chi connectivity index (χ0v) is 12.6. The number of hydrogen-bond donors (Lipinski definition) is 2. The molecule has 8 heteroatoms. The Bertz CT molecular complexity index is 674. The molecule has 0 spiro atoms. The number of carbonyl (C=O) groups excluding carboxylic acids is 1. The highest BCUT2D eigenvalue weighted by Gasteiger charge is 2.08. The highest BCUT2D eigenvalue weighted by atomic mass is 16.4. The first-order valence-electron chi connectivity index (χ1n) is 6.99. The van der Waals surface area contributed by atoms with Crippen LogP contribution in [0, 0.1) is 13.8 Å². The topological polar surface area (TPSA) is 102 Å². The van der Waals surface area contributed by atoms with Crippen LogP contribution in [0.4, 0.5) is 0 Å². The molecule has 0 aliphatic heterocycles. The van der Waals surface area contributed by atoms with E-state index in [1.165, 1.54) is 17.1 Å². The Morgan fingerprint density at radius 3 is 2.73 bits per heavy atom. The zero-order chi connectivity index (χ0) is 16.1. The molecule has 2 aromatic rings. The lowest BCUT2D eigenvalue weighted by Gasteiger charge is -2.06. The van der Waals surface area contributed by atoms with E-state index in [0.29, 0.717) is 6.54 Å². The first-order chi connectivity index (χ1) is 10.5. The minimum absolute atomic E-state index is 0.00713. The summed E-state index contributed by atoms with van der Waals surface area (Å²) in [6.45, 7) is 5.22. The molecular weight excluding hydrogens is 286 g/mol. The summed E-state index contributed by atoms with van der Waals surface area (Å²) in [5.41, 5.74) is 2.15. The molecule has 22 heavy (non-hydrogen) atoms. The van der Waals surface area contributed by atoms with Gasteiger partial charge in [0.2, 0.25) is 5.91 Å². The standard InChI is InChI=1S/C14H19N5O3/c1-10-6-11(2)19(17-10)5-3-4-15-13(20)9-18-8-12(7-16-18)14(21)22/h6-8H,3-5,9H2,1-2H3,(H,15,20)(H,21,22). The van der Waals surface area contributed by atoms with Crippen LogP contribution in [-0.2, 0) is 17.9 Å². The lowest BCUT2D eigenvalue weighted by atomic mass is 10.3. The van der Waals surface area contributed by atoms with Crippen LogP contribution in [0.1, 0.15) is 28.2 Å². The molecular formula is C14H19N5O3. The van der Waals surface area contributed by atoms with Crippen molar-refractivity contribution in [1.82, 2.24) is 24.9 Å². The maximum Gasteiger partial charge on any atom is 0.338 e. The third-order valence-electron chi connectivity index (χ3n) is 3.16. The van der Waals surface area contributed by atoms with Gasteiger partial charge in [-0.05, 0) is 26.3 Å². The predicted octanol–water partition coefficient (Wildman–Crippen LogP) is 0.601. The summed E-state index contributed by atoms with van der Waals surface area (Å²) in [7, 11) is 0. The summed E-state index contributed by atoms with van der Waals surface area (Å²) in [5.74, 6) is -1.26. The molecule has 2 heterocycles. The third-order valence-corrected chi connectivity index (χ3v) is 3.16. The number of carboxylic acids is 1. The molecule has 8 nitrogen and oxygen atoms in total. The number of amides is 1. The molecule has 0 aliphatic rings. The van der Waals surface area contributed by atoms with E-state index in [4.69, 9.17) is 5.11 Å². The number of nitrogens with zero attached hydrogens (tertiary/aromatic N) is 4. The van der Waals surface area contributed by atoms with Gasteiger partial charge in [0, 0.05) is 25.0 Å². The lowest BCUT2D eigenvalue weighted by molar-refractivity contribution is -0.121. The van der Waals surface area contributed by atoms with Crippen molar-refractivity contribution >= 4 is 11.9 Å². The number of rotatable bonds is 7. The van der Waals surface area contributed by atoms with E-state index >= 15 is 0 Å². The molecule has 0 bridgehead atoms. The quantitative estimate of drug-likeness (QED) is 0.729. The minimum Gasteiger partial charge on any atom is -0.478 e. The van der Waals surface area contributed by atoms with Crippen LogP contribution in [-0.4, -0.2) is 43.1 Å². The average molecular weight is 305 g/mol. The maximum atomic E-state index is 11.7. The van der Waals surface area contributed by atoms with Gasteiger partial charge in [0.05, 0.1) is 17.5 Å². The summed E-state index contributed by atoms with van der Waals surface area (Å²) in [4.78, 5) is 22.4. The Hall–Kier alpha value is -2.64. The predicted molar refractivity (Wildman–Crippen MR) is 78.5 cm³/mol. The molecule has 0 atom stereocenters. The Morgan fingerprint density at radius 1 is 1.36 bits per heavy atom. The van der Waals surface area contributed by atoms with Gasteiger partial charge >= 0.3 is 5.97 Å². The van der Waals surface area contributed by atoms with Crippen molar-refractivity contribution in [2.45, 2.75) is 33.4 Å². The minimum atomic E-state index is -1.06. The normalized spacial score (nSPS) is 10.6. The van der Waals surface area contributed by atoms with Crippen molar-refractivity contribution in [3.63, 3.8) is 0 Å². The number of carboxylic acid groups (broad SMARTS) is 1. The van der Waals surface area contributed by atoms with E-state index in [2.05, 4.69) is 15.5 Å². The first kappa shape index (κ1) is 15.7. The molecule has 0 fully saturated rings. The Morgan fingerprint density at radius 2 is 2.14 bits per heavy atom. The Balaban J connectivity index is 1.71. The molecule has 0 saturated heterocycles. The zero-order valence-electron chi connectivity index (χ0n) is 12.6. The highest BCUT2D eigenvalue weighted by Crippen LogP contribution is 2.02. The molecule has 0 saturated carbocycles. The van der Waals surface area contributed by atoms with Gasteiger partial charge in [-0.1, -0.05) is 0 Å². The van der Waals surface area contributed by atoms with Crippen LogP contribution >= 0.6 is 0 Å². The van der Waals surface area contributed by atoms with Gasteiger partial charge in [0.1, 0.15) is 6.54 Å². The molecule has 2 N–H and O–H groups in total. The fourth-order valence-electron chi connectivity index (χ4n) is 2.12. The number of hydrogen-bond acceptors (Lipinski definition) is 4. The summed E-state index contributed by atoms with van der Waals surface area (Å²) in [5, 5.41) is 19.7. The van der Waals surface area contributed by atoms with Crippen LogP contribution in [0.2, 0.25) is 0 Å². The van der Waals surface area contributed by atoms with Crippen molar-refractivity contribution in [3.8, 4) is 0 Å². The molecule has 2 rings (SSSR count). The van der Waals surface area contributed by atoms with Gasteiger partial charge < -0.3 is 10.4 Å². The largest absolute Gasteiger partial charge is 0.478 e. The Labute approximate surface area is 127 Å². The highest BCUT2D eigenvalue weighted by molar-refractivity contribution is 5.87. The van der Waals surface area contributed by atoms with Crippen molar-refractivity contribution in [1.29, 1.82) is 0 Å². The monoisotopic (exact) mass is 305 g/mol. The second-order valence-corrected chi connectivity index (χ2v) is 5.09.